The second-order valence-corrected chi connectivity index (χ2v) is 5.68. The third-order valence-electron chi connectivity index (χ3n) is 3.02. The number of nitrogens with one attached hydrogen (secondary N) is 2. The molecule has 2 heterocycles. The highest BCUT2D eigenvalue weighted by Crippen LogP contribution is 2.34. The molecule has 114 valence electrons. The van der Waals surface area contributed by atoms with E-state index in [-0.39, 0.29) is 11.1 Å². The molecule has 2 aromatic rings. The monoisotopic (exact) mass is 342 g/mol. The van der Waals surface area contributed by atoms with Gasteiger partial charge in [0.1, 0.15) is 11.6 Å². The van der Waals surface area contributed by atoms with E-state index in [2.05, 4.69) is 31.7 Å². The SMILES string of the molecule is CNc1nc(Cl)nc(/C(C#N)=C2/NC(c3ccccc3)=CS2)n1. The molecule has 3 rings (SSSR count). The quantitative estimate of drug-likeness (QED) is 0.829. The molecule has 0 unspecified atom stereocenters. The Labute approximate surface area is 142 Å². The maximum Gasteiger partial charge on any atom is 0.227 e. The number of benzene rings is 1. The minimum Gasteiger partial charge on any atom is -0.357 e. The standard InChI is InChI=1S/C15H11ClN6S/c1-18-15-21-12(20-14(16)22-15)10(7-17)13-19-11(8-23-13)9-5-3-2-4-6-9/h2-6,8,19H,1H3,(H,18,20,21,22)/b13-10-. The minimum atomic E-state index is 0.0342. The van der Waals surface area contributed by atoms with Gasteiger partial charge in [0, 0.05) is 12.5 Å². The van der Waals surface area contributed by atoms with Crippen LogP contribution in [0, 0.1) is 11.3 Å². The fourth-order valence-electron chi connectivity index (χ4n) is 1.95. The largest absolute Gasteiger partial charge is 0.357 e. The van der Waals surface area contributed by atoms with Gasteiger partial charge in [-0.25, -0.2) is 0 Å². The highest BCUT2D eigenvalue weighted by atomic mass is 35.5. The summed E-state index contributed by atoms with van der Waals surface area (Å²) in [6, 6.07) is 12.0. The lowest BCUT2D eigenvalue weighted by atomic mass is 10.2. The van der Waals surface area contributed by atoms with Gasteiger partial charge in [-0.3, -0.25) is 0 Å². The number of allylic oxidation sites excluding steroid dienone is 1. The molecule has 8 heteroatoms. The van der Waals surface area contributed by atoms with Crippen molar-refractivity contribution in [2.24, 2.45) is 0 Å². The fraction of sp³-hybridized carbons (Fsp3) is 0.0667. The van der Waals surface area contributed by atoms with E-state index in [4.69, 9.17) is 11.6 Å². The number of nitriles is 1. The average Bonchev–Trinajstić information content (AvgIpc) is 3.05. The van der Waals surface area contributed by atoms with E-state index < -0.39 is 0 Å². The Kier molecular flexibility index (Phi) is 4.46. The van der Waals surface area contributed by atoms with Gasteiger partial charge in [-0.2, -0.15) is 20.2 Å². The molecule has 0 saturated heterocycles. The molecule has 1 aliphatic heterocycles. The Bertz CT molecular complexity index is 841. The van der Waals surface area contributed by atoms with Gasteiger partial charge in [0.15, 0.2) is 5.82 Å². The lowest BCUT2D eigenvalue weighted by Gasteiger charge is -2.07. The zero-order valence-corrected chi connectivity index (χ0v) is 13.6. The molecule has 6 nitrogen and oxygen atoms in total. The van der Waals surface area contributed by atoms with Crippen LogP contribution in [-0.4, -0.2) is 22.0 Å². The van der Waals surface area contributed by atoms with E-state index >= 15 is 0 Å². The molecule has 1 aliphatic rings. The van der Waals surface area contributed by atoms with Crippen LogP contribution >= 0.6 is 23.4 Å². The van der Waals surface area contributed by atoms with Crippen LogP contribution in [0.5, 0.6) is 0 Å². The number of thioether (sulfide) groups is 1. The molecule has 1 aromatic carbocycles. The van der Waals surface area contributed by atoms with Crippen LogP contribution in [0.4, 0.5) is 5.95 Å². The van der Waals surface area contributed by atoms with Crippen LogP contribution < -0.4 is 10.6 Å². The van der Waals surface area contributed by atoms with Crippen LogP contribution in [-0.2, 0) is 0 Å². The first kappa shape index (κ1) is 15.3. The van der Waals surface area contributed by atoms with Crippen molar-refractivity contribution in [1.29, 1.82) is 5.26 Å². The first-order valence-corrected chi connectivity index (χ1v) is 7.90. The van der Waals surface area contributed by atoms with Crippen molar-refractivity contribution < 1.29 is 0 Å². The van der Waals surface area contributed by atoms with Gasteiger partial charge in [0.2, 0.25) is 11.2 Å². The second-order valence-electron chi connectivity index (χ2n) is 4.46. The van der Waals surface area contributed by atoms with E-state index in [0.717, 1.165) is 11.3 Å². The van der Waals surface area contributed by atoms with E-state index in [9.17, 15) is 5.26 Å². The molecule has 23 heavy (non-hydrogen) atoms. The van der Waals surface area contributed by atoms with Gasteiger partial charge in [0.05, 0.1) is 10.7 Å². The molecule has 0 atom stereocenters. The van der Waals surface area contributed by atoms with Gasteiger partial charge in [-0.1, -0.05) is 42.1 Å². The van der Waals surface area contributed by atoms with E-state index in [1.54, 1.807) is 7.05 Å². The Morgan fingerprint density at radius 1 is 1.26 bits per heavy atom. The van der Waals surface area contributed by atoms with Crippen LogP contribution in [0.25, 0.3) is 11.3 Å². The highest BCUT2D eigenvalue weighted by Gasteiger charge is 2.20. The predicted molar refractivity (Wildman–Crippen MR) is 92.1 cm³/mol. The van der Waals surface area contributed by atoms with Crippen molar-refractivity contribution >= 4 is 40.6 Å². The maximum absolute atomic E-state index is 9.50. The van der Waals surface area contributed by atoms with Gasteiger partial charge < -0.3 is 10.6 Å². The summed E-state index contributed by atoms with van der Waals surface area (Å²) in [5.41, 5.74) is 2.28. The molecule has 0 amide bonds. The van der Waals surface area contributed by atoms with Crippen molar-refractivity contribution in [3.8, 4) is 6.07 Å². The molecule has 1 aromatic heterocycles. The van der Waals surface area contributed by atoms with Gasteiger partial charge in [0.25, 0.3) is 0 Å². The summed E-state index contributed by atoms with van der Waals surface area (Å²) >= 11 is 7.30. The molecule has 0 aliphatic carbocycles. The second kappa shape index (κ2) is 6.69. The number of hydrogen-bond acceptors (Lipinski definition) is 7. The number of halogens is 1. The maximum atomic E-state index is 9.50. The van der Waals surface area contributed by atoms with Crippen LogP contribution in [0.3, 0.4) is 0 Å². The molecule has 0 saturated carbocycles. The van der Waals surface area contributed by atoms with Gasteiger partial charge in [-0.05, 0) is 17.2 Å². The topological polar surface area (TPSA) is 86.5 Å². The van der Waals surface area contributed by atoms with Crippen molar-refractivity contribution in [1.82, 2.24) is 20.3 Å². The molecule has 0 bridgehead atoms. The summed E-state index contributed by atoms with van der Waals surface area (Å²) in [7, 11) is 1.67. The molecule has 2 N–H and O–H groups in total. The third-order valence-corrected chi connectivity index (χ3v) is 4.09. The number of nitrogens with zero attached hydrogens (tertiary/aromatic N) is 4. The lowest BCUT2D eigenvalue weighted by molar-refractivity contribution is 1.02. The lowest BCUT2D eigenvalue weighted by Crippen LogP contribution is -2.09. The Hall–Kier alpha value is -2.56. The zero-order chi connectivity index (χ0) is 16.2. The number of hydrogen-bond donors (Lipinski definition) is 2. The van der Waals surface area contributed by atoms with Crippen molar-refractivity contribution in [2.75, 3.05) is 12.4 Å². The Morgan fingerprint density at radius 3 is 2.74 bits per heavy atom. The molecule has 0 radical (unpaired) electrons. The summed E-state index contributed by atoms with van der Waals surface area (Å²) in [5.74, 6) is 0.544. The summed E-state index contributed by atoms with van der Waals surface area (Å²) in [5, 5.41) is 18.2. The summed E-state index contributed by atoms with van der Waals surface area (Å²) in [4.78, 5) is 12.2. The Balaban J connectivity index is 1.95. The average molecular weight is 343 g/mol. The molecular formula is C15H11ClN6S. The summed E-state index contributed by atoms with van der Waals surface area (Å²) in [6.07, 6.45) is 0. The van der Waals surface area contributed by atoms with Crippen LogP contribution in [0.15, 0.2) is 40.8 Å². The van der Waals surface area contributed by atoms with E-state index in [1.165, 1.54) is 11.8 Å². The van der Waals surface area contributed by atoms with Crippen molar-refractivity contribution in [3.63, 3.8) is 0 Å². The fourth-order valence-corrected chi connectivity index (χ4v) is 2.97. The van der Waals surface area contributed by atoms with Crippen LogP contribution in [0.1, 0.15) is 11.4 Å². The summed E-state index contributed by atoms with van der Waals surface area (Å²) in [6.45, 7) is 0. The van der Waals surface area contributed by atoms with E-state index in [0.29, 0.717) is 16.6 Å². The first-order valence-electron chi connectivity index (χ1n) is 6.64. The number of anilines is 1. The molecular weight excluding hydrogens is 332 g/mol. The Morgan fingerprint density at radius 2 is 2.04 bits per heavy atom. The smallest absolute Gasteiger partial charge is 0.227 e. The predicted octanol–water partition coefficient (Wildman–Crippen LogP) is 3.09. The zero-order valence-electron chi connectivity index (χ0n) is 12.0. The van der Waals surface area contributed by atoms with E-state index in [1.807, 2.05) is 35.7 Å². The number of rotatable bonds is 3. The number of aromatic nitrogens is 3. The minimum absolute atomic E-state index is 0.0342. The van der Waals surface area contributed by atoms with Crippen molar-refractivity contribution in [2.45, 2.75) is 0 Å². The molecule has 0 fully saturated rings. The molecule has 0 spiro atoms. The third kappa shape index (κ3) is 3.28. The normalized spacial score (nSPS) is 15.4. The van der Waals surface area contributed by atoms with Gasteiger partial charge in [-0.15, -0.1) is 0 Å². The summed E-state index contributed by atoms with van der Waals surface area (Å²) < 4.78 is 0. The highest BCUT2D eigenvalue weighted by molar-refractivity contribution is 8.06. The van der Waals surface area contributed by atoms with Gasteiger partial charge >= 0.3 is 0 Å². The van der Waals surface area contributed by atoms with Crippen LogP contribution in [0.2, 0.25) is 5.28 Å². The van der Waals surface area contributed by atoms with Crippen molar-refractivity contribution in [3.05, 3.63) is 57.4 Å². The first-order chi connectivity index (χ1) is 11.2.